The van der Waals surface area contributed by atoms with Crippen LogP contribution >= 0.6 is 0 Å². The largest absolute Gasteiger partial charge is 0.396 e. The van der Waals surface area contributed by atoms with E-state index in [1.165, 1.54) is 0 Å². The molecule has 0 aliphatic heterocycles. The Labute approximate surface area is 77.7 Å². The number of aliphatic hydroxyl groups excluding tert-OH is 3. The number of hydrogen-bond acceptors (Lipinski definition) is 3. The van der Waals surface area contributed by atoms with Gasteiger partial charge in [-0.2, -0.15) is 0 Å². The third-order valence-corrected chi connectivity index (χ3v) is 3.90. The normalized spacial score (nSPS) is 40.1. The van der Waals surface area contributed by atoms with Crippen LogP contribution in [0, 0.1) is 23.2 Å². The molecule has 1 saturated carbocycles. The Hall–Kier alpha value is -0.380. The summed E-state index contributed by atoms with van der Waals surface area (Å²) in [7, 11) is 0. The van der Waals surface area contributed by atoms with Gasteiger partial charge in [0.25, 0.3) is 0 Å². The molecule has 0 saturated heterocycles. The summed E-state index contributed by atoms with van der Waals surface area (Å²) >= 11 is 0. The van der Waals surface area contributed by atoms with Crippen molar-refractivity contribution in [2.45, 2.75) is 6.42 Å². The lowest BCUT2D eigenvalue weighted by Crippen LogP contribution is -2.43. The molecule has 0 aromatic carbocycles. The van der Waals surface area contributed by atoms with Crippen molar-refractivity contribution in [3.8, 4) is 0 Å². The van der Waals surface area contributed by atoms with Crippen molar-refractivity contribution >= 4 is 0 Å². The van der Waals surface area contributed by atoms with Crippen LogP contribution in [0.25, 0.3) is 0 Å². The molecule has 0 aromatic heterocycles. The summed E-state index contributed by atoms with van der Waals surface area (Å²) in [5, 5.41) is 27.9. The van der Waals surface area contributed by atoms with E-state index in [-0.39, 0.29) is 31.7 Å². The molecule has 0 heterocycles. The predicted molar refractivity (Wildman–Crippen MR) is 47.9 cm³/mol. The summed E-state index contributed by atoms with van der Waals surface area (Å²) in [6.45, 7) is 0.00704. The van der Waals surface area contributed by atoms with Crippen molar-refractivity contribution < 1.29 is 15.3 Å². The molecule has 3 nitrogen and oxygen atoms in total. The minimum atomic E-state index is -0.464. The molecule has 2 aliphatic rings. The molecule has 2 bridgehead atoms. The number of fused-ring (bicyclic) bond motifs is 2. The van der Waals surface area contributed by atoms with Crippen LogP contribution in [0.1, 0.15) is 6.42 Å². The SMILES string of the molecule is OCC1C2C=CC(C2)C1(CO)CO. The molecule has 13 heavy (non-hydrogen) atoms. The number of hydrogen-bond donors (Lipinski definition) is 3. The fraction of sp³-hybridized carbons (Fsp3) is 0.800. The maximum Gasteiger partial charge on any atom is 0.0518 e. The molecule has 1 fully saturated rings. The first kappa shape index (κ1) is 9.19. The Bertz CT molecular complexity index is 220. The van der Waals surface area contributed by atoms with Gasteiger partial charge in [-0.1, -0.05) is 12.2 Å². The van der Waals surface area contributed by atoms with Gasteiger partial charge in [-0.3, -0.25) is 0 Å². The summed E-state index contributed by atoms with van der Waals surface area (Å²) in [6.07, 6.45) is 5.16. The Morgan fingerprint density at radius 2 is 1.85 bits per heavy atom. The summed E-state index contributed by atoms with van der Waals surface area (Å²) in [6, 6.07) is 0. The second-order valence-corrected chi connectivity index (χ2v) is 4.23. The Kier molecular flexibility index (Phi) is 2.18. The van der Waals surface area contributed by atoms with Crippen molar-refractivity contribution in [3.63, 3.8) is 0 Å². The van der Waals surface area contributed by atoms with Crippen LogP contribution in [0.4, 0.5) is 0 Å². The second-order valence-electron chi connectivity index (χ2n) is 4.23. The molecule has 74 valence electrons. The van der Waals surface area contributed by atoms with E-state index in [9.17, 15) is 15.3 Å². The number of rotatable bonds is 3. The Morgan fingerprint density at radius 3 is 2.31 bits per heavy atom. The zero-order valence-corrected chi connectivity index (χ0v) is 7.56. The molecule has 2 rings (SSSR count). The monoisotopic (exact) mass is 184 g/mol. The van der Waals surface area contributed by atoms with E-state index in [0.29, 0.717) is 5.92 Å². The zero-order chi connectivity index (χ0) is 9.47. The van der Waals surface area contributed by atoms with Gasteiger partial charge >= 0.3 is 0 Å². The van der Waals surface area contributed by atoms with Gasteiger partial charge in [0.05, 0.1) is 13.2 Å². The molecule has 3 heteroatoms. The van der Waals surface area contributed by atoms with Crippen molar-refractivity contribution in [3.05, 3.63) is 12.2 Å². The lowest BCUT2D eigenvalue weighted by molar-refractivity contribution is -0.0268. The van der Waals surface area contributed by atoms with E-state index >= 15 is 0 Å². The van der Waals surface area contributed by atoms with Crippen molar-refractivity contribution in [2.75, 3.05) is 19.8 Å². The van der Waals surface area contributed by atoms with Crippen LogP contribution in [0.5, 0.6) is 0 Å². The van der Waals surface area contributed by atoms with Crippen molar-refractivity contribution in [1.29, 1.82) is 0 Å². The maximum absolute atomic E-state index is 9.34. The molecule has 0 amide bonds. The highest BCUT2D eigenvalue weighted by Crippen LogP contribution is 2.55. The first-order valence-corrected chi connectivity index (χ1v) is 4.79. The van der Waals surface area contributed by atoms with Gasteiger partial charge in [0.1, 0.15) is 0 Å². The third kappa shape index (κ3) is 1.01. The molecule has 3 atom stereocenters. The van der Waals surface area contributed by atoms with Gasteiger partial charge in [0.2, 0.25) is 0 Å². The van der Waals surface area contributed by atoms with Gasteiger partial charge in [0.15, 0.2) is 0 Å². The highest BCUT2D eigenvalue weighted by Gasteiger charge is 2.54. The quantitative estimate of drug-likeness (QED) is 0.531. The molecule has 0 aromatic rings. The maximum atomic E-state index is 9.34. The van der Waals surface area contributed by atoms with Crippen LogP contribution in [0.3, 0.4) is 0 Å². The summed E-state index contributed by atoms with van der Waals surface area (Å²) in [4.78, 5) is 0. The lowest BCUT2D eigenvalue weighted by Gasteiger charge is -2.38. The van der Waals surface area contributed by atoms with Crippen LogP contribution < -0.4 is 0 Å². The van der Waals surface area contributed by atoms with E-state index < -0.39 is 5.41 Å². The predicted octanol–water partition coefficient (Wildman–Crippen LogP) is -0.228. The standard InChI is InChI=1S/C10H16O3/c11-4-9-7-1-2-8(3-7)10(9,5-12)6-13/h1-2,7-9,11-13H,3-6H2. The summed E-state index contributed by atoms with van der Waals surface area (Å²) in [5.41, 5.74) is -0.464. The van der Waals surface area contributed by atoms with E-state index in [4.69, 9.17) is 0 Å². The first-order chi connectivity index (χ1) is 6.28. The highest BCUT2D eigenvalue weighted by molar-refractivity contribution is 5.19. The van der Waals surface area contributed by atoms with E-state index in [0.717, 1.165) is 6.42 Å². The van der Waals surface area contributed by atoms with Gasteiger partial charge < -0.3 is 15.3 Å². The van der Waals surface area contributed by atoms with Gasteiger partial charge in [-0.25, -0.2) is 0 Å². The molecule has 3 unspecified atom stereocenters. The number of aliphatic hydroxyl groups is 3. The summed E-state index contributed by atoms with van der Waals surface area (Å²) in [5.74, 6) is 0.649. The Balaban J connectivity index is 2.30. The van der Waals surface area contributed by atoms with Crippen molar-refractivity contribution in [2.24, 2.45) is 23.2 Å². The van der Waals surface area contributed by atoms with Crippen LogP contribution in [0.15, 0.2) is 12.2 Å². The number of allylic oxidation sites excluding steroid dienone is 2. The second kappa shape index (κ2) is 3.08. The van der Waals surface area contributed by atoms with E-state index in [1.807, 2.05) is 0 Å². The van der Waals surface area contributed by atoms with Crippen molar-refractivity contribution in [1.82, 2.24) is 0 Å². The molecular weight excluding hydrogens is 168 g/mol. The molecule has 0 radical (unpaired) electrons. The Morgan fingerprint density at radius 1 is 1.15 bits per heavy atom. The zero-order valence-electron chi connectivity index (χ0n) is 7.56. The minimum absolute atomic E-state index is 0.0275. The minimum Gasteiger partial charge on any atom is -0.396 e. The van der Waals surface area contributed by atoms with Crippen LogP contribution in [-0.4, -0.2) is 35.1 Å². The van der Waals surface area contributed by atoms with Gasteiger partial charge in [-0.15, -0.1) is 0 Å². The first-order valence-electron chi connectivity index (χ1n) is 4.79. The summed E-state index contributed by atoms with van der Waals surface area (Å²) < 4.78 is 0. The average Bonchev–Trinajstić information content (AvgIpc) is 2.74. The average molecular weight is 184 g/mol. The van der Waals surface area contributed by atoms with Crippen LogP contribution in [0.2, 0.25) is 0 Å². The molecular formula is C10H16O3. The van der Waals surface area contributed by atoms with Gasteiger partial charge in [-0.05, 0) is 24.2 Å². The van der Waals surface area contributed by atoms with E-state index in [2.05, 4.69) is 12.2 Å². The third-order valence-electron chi connectivity index (χ3n) is 3.90. The molecule has 2 aliphatic carbocycles. The molecule has 0 spiro atoms. The van der Waals surface area contributed by atoms with E-state index in [1.54, 1.807) is 0 Å². The molecule has 3 N–H and O–H groups in total. The fourth-order valence-electron chi connectivity index (χ4n) is 2.99. The highest BCUT2D eigenvalue weighted by atomic mass is 16.3. The lowest BCUT2D eigenvalue weighted by atomic mass is 9.70. The van der Waals surface area contributed by atoms with Gasteiger partial charge in [0, 0.05) is 12.0 Å². The topological polar surface area (TPSA) is 60.7 Å². The fourth-order valence-corrected chi connectivity index (χ4v) is 2.99. The van der Waals surface area contributed by atoms with Crippen LogP contribution in [-0.2, 0) is 0 Å². The smallest absolute Gasteiger partial charge is 0.0518 e.